The number of nitrogens with zero attached hydrogens (tertiary/aromatic N) is 3. The highest BCUT2D eigenvalue weighted by molar-refractivity contribution is 5.88. The van der Waals surface area contributed by atoms with Gasteiger partial charge in [-0.05, 0) is 20.3 Å². The summed E-state index contributed by atoms with van der Waals surface area (Å²) in [5, 5.41) is 25.9. The fourth-order valence-electron chi connectivity index (χ4n) is 1.70. The van der Waals surface area contributed by atoms with Gasteiger partial charge in [0.2, 0.25) is 5.91 Å². The first-order chi connectivity index (χ1) is 9.70. The fraction of sp³-hybridized carbons (Fsp3) is 0.583. The molecule has 0 aliphatic rings. The summed E-state index contributed by atoms with van der Waals surface area (Å²) in [5.41, 5.74) is -1.48. The molecule has 0 bridgehead atoms. The Hall–Kier alpha value is -2.45. The third kappa shape index (κ3) is 3.77. The number of carboxylic acid groups (broad SMARTS) is 1. The van der Waals surface area contributed by atoms with E-state index < -0.39 is 28.4 Å². The molecule has 1 unspecified atom stereocenters. The van der Waals surface area contributed by atoms with Crippen LogP contribution >= 0.6 is 0 Å². The monoisotopic (exact) mass is 298 g/mol. The summed E-state index contributed by atoms with van der Waals surface area (Å²) in [6.07, 6.45) is 3.08. The molecule has 1 rings (SSSR count). The van der Waals surface area contributed by atoms with Crippen molar-refractivity contribution in [2.24, 2.45) is 0 Å². The third-order valence-corrected chi connectivity index (χ3v) is 3.09. The van der Waals surface area contributed by atoms with Crippen LogP contribution in [0.1, 0.15) is 33.6 Å². The highest BCUT2D eigenvalue weighted by Crippen LogP contribution is 2.19. The number of aliphatic carboxylic acids is 1. The molecule has 0 aliphatic carbocycles. The Kier molecular flexibility index (Phi) is 5.01. The van der Waals surface area contributed by atoms with Crippen LogP contribution in [-0.4, -0.2) is 37.7 Å². The molecule has 0 spiro atoms. The maximum Gasteiger partial charge on any atom is 0.326 e. The molecule has 0 aromatic carbocycles. The van der Waals surface area contributed by atoms with Crippen LogP contribution in [0.25, 0.3) is 0 Å². The quantitative estimate of drug-likeness (QED) is 0.568. The minimum atomic E-state index is -1.24. The predicted octanol–water partition coefficient (Wildman–Crippen LogP) is 0.896. The van der Waals surface area contributed by atoms with Gasteiger partial charge in [0.25, 0.3) is 0 Å². The predicted molar refractivity (Wildman–Crippen MR) is 72.7 cm³/mol. The second kappa shape index (κ2) is 6.33. The largest absolute Gasteiger partial charge is 0.480 e. The van der Waals surface area contributed by atoms with E-state index >= 15 is 0 Å². The van der Waals surface area contributed by atoms with Gasteiger partial charge in [0.15, 0.2) is 0 Å². The van der Waals surface area contributed by atoms with Gasteiger partial charge in [0.1, 0.15) is 24.0 Å². The van der Waals surface area contributed by atoms with Crippen molar-refractivity contribution < 1.29 is 19.6 Å². The number of nitro groups is 1. The van der Waals surface area contributed by atoms with Gasteiger partial charge in [-0.1, -0.05) is 13.3 Å². The molecule has 0 saturated carbocycles. The fourth-order valence-corrected chi connectivity index (χ4v) is 1.70. The van der Waals surface area contributed by atoms with Crippen molar-refractivity contribution in [3.05, 3.63) is 22.5 Å². The van der Waals surface area contributed by atoms with Gasteiger partial charge in [-0.15, -0.1) is 0 Å². The van der Waals surface area contributed by atoms with Crippen molar-refractivity contribution in [3.63, 3.8) is 0 Å². The molecular formula is C12H18N4O5. The van der Waals surface area contributed by atoms with Crippen LogP contribution in [0.5, 0.6) is 0 Å². The molecule has 0 radical (unpaired) electrons. The number of rotatable bonds is 7. The van der Waals surface area contributed by atoms with Crippen LogP contribution in [-0.2, 0) is 15.1 Å². The molecule has 9 nitrogen and oxygen atoms in total. The van der Waals surface area contributed by atoms with E-state index in [9.17, 15) is 19.7 Å². The Balaban J connectivity index is 2.91. The molecular weight excluding hydrogens is 280 g/mol. The smallest absolute Gasteiger partial charge is 0.326 e. The number of nitrogens with one attached hydrogen (secondary N) is 1. The van der Waals surface area contributed by atoms with Gasteiger partial charge in [0, 0.05) is 0 Å². The summed E-state index contributed by atoms with van der Waals surface area (Å²) in [6.45, 7) is 4.82. The first-order valence-corrected chi connectivity index (χ1v) is 6.43. The molecule has 1 aromatic heterocycles. The standard InChI is InChI=1S/C12H18N4O5/c1-4-5-9(10(17)18)14-11(19)12(2,3)15-7-8(6-13-15)16(20)21/h6-7,9H,4-5H2,1-3H3,(H,14,19)(H,17,18). The van der Waals surface area contributed by atoms with Crippen LogP contribution in [0, 0.1) is 10.1 Å². The Bertz CT molecular complexity index is 552. The maximum absolute atomic E-state index is 12.2. The number of hydrogen-bond acceptors (Lipinski definition) is 5. The number of amides is 1. The van der Waals surface area contributed by atoms with Crippen LogP contribution < -0.4 is 5.32 Å². The van der Waals surface area contributed by atoms with Crippen LogP contribution in [0.15, 0.2) is 12.4 Å². The van der Waals surface area contributed by atoms with Crippen molar-refractivity contribution in [1.82, 2.24) is 15.1 Å². The van der Waals surface area contributed by atoms with E-state index in [-0.39, 0.29) is 5.69 Å². The van der Waals surface area contributed by atoms with Crippen molar-refractivity contribution in [1.29, 1.82) is 0 Å². The van der Waals surface area contributed by atoms with Crippen LogP contribution in [0.4, 0.5) is 5.69 Å². The number of aromatic nitrogens is 2. The summed E-state index contributed by atoms with van der Waals surface area (Å²) in [7, 11) is 0. The second-order valence-corrected chi connectivity index (χ2v) is 5.11. The topological polar surface area (TPSA) is 127 Å². The van der Waals surface area contributed by atoms with E-state index in [1.807, 2.05) is 6.92 Å². The van der Waals surface area contributed by atoms with Gasteiger partial charge in [-0.2, -0.15) is 5.10 Å². The first kappa shape index (κ1) is 16.6. The molecule has 0 aliphatic heterocycles. The number of carboxylic acids is 1. The molecule has 9 heteroatoms. The lowest BCUT2D eigenvalue weighted by molar-refractivity contribution is -0.385. The van der Waals surface area contributed by atoms with Gasteiger partial charge >= 0.3 is 11.7 Å². The summed E-state index contributed by atoms with van der Waals surface area (Å²) >= 11 is 0. The molecule has 0 fully saturated rings. The van der Waals surface area contributed by atoms with Crippen molar-refractivity contribution in [3.8, 4) is 0 Å². The van der Waals surface area contributed by atoms with E-state index in [1.165, 1.54) is 13.8 Å². The Morgan fingerprint density at radius 1 is 1.57 bits per heavy atom. The zero-order valence-electron chi connectivity index (χ0n) is 12.1. The lowest BCUT2D eigenvalue weighted by Gasteiger charge is -2.26. The zero-order chi connectivity index (χ0) is 16.2. The van der Waals surface area contributed by atoms with E-state index in [4.69, 9.17) is 5.11 Å². The molecule has 1 amide bonds. The number of carbonyl (C=O) groups is 2. The molecule has 1 atom stereocenters. The molecule has 21 heavy (non-hydrogen) atoms. The average molecular weight is 298 g/mol. The van der Waals surface area contributed by atoms with Gasteiger partial charge in [-0.3, -0.25) is 19.6 Å². The SMILES string of the molecule is CCCC(NC(=O)C(C)(C)n1cc([N+](=O)[O-])cn1)C(=O)O. The molecule has 0 saturated heterocycles. The third-order valence-electron chi connectivity index (χ3n) is 3.09. The van der Waals surface area contributed by atoms with E-state index in [0.29, 0.717) is 12.8 Å². The highest BCUT2D eigenvalue weighted by atomic mass is 16.6. The zero-order valence-corrected chi connectivity index (χ0v) is 12.1. The van der Waals surface area contributed by atoms with Gasteiger partial charge in [0.05, 0.1) is 4.92 Å². The van der Waals surface area contributed by atoms with Gasteiger partial charge < -0.3 is 10.4 Å². The molecule has 116 valence electrons. The Morgan fingerprint density at radius 2 is 2.19 bits per heavy atom. The summed E-state index contributed by atoms with van der Waals surface area (Å²) in [6, 6.07) is -0.993. The summed E-state index contributed by atoms with van der Waals surface area (Å²) < 4.78 is 1.14. The maximum atomic E-state index is 12.2. The number of hydrogen-bond donors (Lipinski definition) is 2. The van der Waals surface area contributed by atoms with Gasteiger partial charge in [-0.25, -0.2) is 4.79 Å². The Labute approximate surface area is 121 Å². The van der Waals surface area contributed by atoms with E-state index in [2.05, 4.69) is 10.4 Å². The molecule has 1 aromatic rings. The minimum absolute atomic E-state index is 0.237. The summed E-state index contributed by atoms with van der Waals surface area (Å²) in [4.78, 5) is 33.3. The van der Waals surface area contributed by atoms with Crippen molar-refractivity contribution >= 4 is 17.6 Å². The lowest BCUT2D eigenvalue weighted by Crippen LogP contribution is -2.50. The van der Waals surface area contributed by atoms with Crippen LogP contribution in [0.3, 0.4) is 0 Å². The number of carbonyl (C=O) groups excluding carboxylic acids is 1. The normalized spacial score (nSPS) is 12.7. The lowest BCUT2D eigenvalue weighted by atomic mass is 10.0. The van der Waals surface area contributed by atoms with E-state index in [1.54, 1.807) is 0 Å². The highest BCUT2D eigenvalue weighted by Gasteiger charge is 2.34. The molecule has 2 N–H and O–H groups in total. The second-order valence-electron chi connectivity index (χ2n) is 5.11. The summed E-state index contributed by atoms with van der Waals surface area (Å²) in [5.74, 6) is -1.69. The van der Waals surface area contributed by atoms with Crippen molar-refractivity contribution in [2.45, 2.75) is 45.2 Å². The average Bonchev–Trinajstić information content (AvgIpc) is 2.88. The first-order valence-electron chi connectivity index (χ1n) is 6.43. The van der Waals surface area contributed by atoms with Crippen LogP contribution in [0.2, 0.25) is 0 Å². The van der Waals surface area contributed by atoms with Crippen molar-refractivity contribution in [2.75, 3.05) is 0 Å². The Morgan fingerprint density at radius 3 is 2.62 bits per heavy atom. The molecule has 1 heterocycles. The minimum Gasteiger partial charge on any atom is -0.480 e. The van der Waals surface area contributed by atoms with E-state index in [0.717, 1.165) is 17.1 Å².